The number of carbonyl (C=O) groups excluding carboxylic acids is 4. The van der Waals surface area contributed by atoms with Crippen molar-refractivity contribution < 1.29 is 19.2 Å². The molecule has 1 aliphatic heterocycles. The van der Waals surface area contributed by atoms with E-state index in [2.05, 4.69) is 20.9 Å². The summed E-state index contributed by atoms with van der Waals surface area (Å²) < 4.78 is 0. The van der Waals surface area contributed by atoms with Gasteiger partial charge in [-0.2, -0.15) is 0 Å². The lowest BCUT2D eigenvalue weighted by Crippen LogP contribution is -2.58. The maximum absolute atomic E-state index is 13.7. The molecule has 1 aliphatic rings. The number of benzene rings is 3. The Morgan fingerprint density at radius 2 is 1.51 bits per heavy atom. The predicted octanol–water partition coefficient (Wildman–Crippen LogP) is 3.35. The van der Waals surface area contributed by atoms with Crippen molar-refractivity contribution in [2.75, 3.05) is 19.6 Å². The minimum absolute atomic E-state index is 0.170. The van der Waals surface area contributed by atoms with Crippen molar-refractivity contribution in [3.8, 4) is 0 Å². The maximum Gasteiger partial charge on any atom is 0.262 e. The number of imide groups is 1. The summed E-state index contributed by atoms with van der Waals surface area (Å²) in [6.45, 7) is 3.92. The number of aromatic amines is 1. The van der Waals surface area contributed by atoms with E-state index in [1.54, 1.807) is 24.3 Å². The zero-order chi connectivity index (χ0) is 29.0. The lowest BCUT2D eigenvalue weighted by molar-refractivity contribution is -0.127. The molecular formula is C32H33N5O4. The van der Waals surface area contributed by atoms with Crippen LogP contribution in [0.25, 0.3) is 10.9 Å². The molecule has 4 aromatic rings. The highest BCUT2D eigenvalue weighted by Crippen LogP contribution is 2.24. The van der Waals surface area contributed by atoms with E-state index >= 15 is 0 Å². The molecule has 0 bridgehead atoms. The van der Waals surface area contributed by atoms with Crippen LogP contribution in [-0.2, 0) is 16.0 Å². The van der Waals surface area contributed by atoms with Gasteiger partial charge >= 0.3 is 0 Å². The van der Waals surface area contributed by atoms with E-state index < -0.39 is 23.3 Å². The van der Waals surface area contributed by atoms with Gasteiger partial charge in [-0.1, -0.05) is 60.7 Å². The third-order valence-electron chi connectivity index (χ3n) is 7.51. The van der Waals surface area contributed by atoms with Crippen LogP contribution in [0.4, 0.5) is 0 Å². The first-order chi connectivity index (χ1) is 19.8. The van der Waals surface area contributed by atoms with E-state index in [1.807, 2.05) is 74.6 Å². The molecule has 0 saturated carbocycles. The van der Waals surface area contributed by atoms with Gasteiger partial charge in [-0.05, 0) is 43.2 Å². The third-order valence-corrected chi connectivity index (χ3v) is 7.51. The van der Waals surface area contributed by atoms with E-state index in [0.717, 1.165) is 26.9 Å². The van der Waals surface area contributed by atoms with Gasteiger partial charge in [0.1, 0.15) is 6.54 Å². The highest BCUT2D eigenvalue weighted by molar-refractivity contribution is 6.22. The number of fused-ring (bicyclic) bond motifs is 2. The average molecular weight is 552 g/mol. The molecule has 210 valence electrons. The quantitative estimate of drug-likeness (QED) is 0.168. The highest BCUT2D eigenvalue weighted by atomic mass is 16.2. The topological polar surface area (TPSA) is 123 Å². The number of nitrogens with one attached hydrogen (secondary N) is 4. The number of rotatable bonds is 11. The standard InChI is InChI=1S/C32H33N5O4/c1-21(22-10-4-3-5-11-22)36-31(41)32(2,18-23-19-34-27-15-9-8-12-24(23)27)35-17-16-33-28(38)20-37-29(39)25-13-6-7-14-26(25)30(37)40/h3-15,19,21,34-35H,16-18,20H2,1-2H3,(H,33,38)(H,36,41). The number of amides is 4. The third kappa shape index (κ3) is 5.90. The monoisotopic (exact) mass is 551 g/mol. The number of hydrogen-bond acceptors (Lipinski definition) is 5. The fraction of sp³-hybridized carbons (Fsp3) is 0.250. The van der Waals surface area contributed by atoms with Crippen LogP contribution in [0.3, 0.4) is 0 Å². The van der Waals surface area contributed by atoms with Gasteiger partial charge in [0.15, 0.2) is 0 Å². The predicted molar refractivity (Wildman–Crippen MR) is 156 cm³/mol. The van der Waals surface area contributed by atoms with E-state index in [9.17, 15) is 19.2 Å². The van der Waals surface area contributed by atoms with Crippen molar-refractivity contribution in [1.82, 2.24) is 25.8 Å². The SMILES string of the molecule is CC(NC(=O)C(C)(Cc1c[nH]c2ccccc12)NCCNC(=O)CN1C(=O)c2ccccc2C1=O)c1ccccc1. The van der Waals surface area contributed by atoms with Crippen LogP contribution in [0.1, 0.15) is 51.7 Å². The van der Waals surface area contributed by atoms with Crippen LogP contribution in [0, 0.1) is 0 Å². The Kier molecular flexibility index (Phi) is 7.98. The van der Waals surface area contributed by atoms with E-state index in [0.29, 0.717) is 24.1 Å². The van der Waals surface area contributed by atoms with Gasteiger partial charge in [0, 0.05) is 36.6 Å². The van der Waals surface area contributed by atoms with Gasteiger partial charge in [0.2, 0.25) is 11.8 Å². The molecule has 0 saturated heterocycles. The molecule has 2 atom stereocenters. The molecule has 0 radical (unpaired) electrons. The smallest absolute Gasteiger partial charge is 0.262 e. The first-order valence-electron chi connectivity index (χ1n) is 13.6. The van der Waals surface area contributed by atoms with Gasteiger partial charge < -0.3 is 20.9 Å². The van der Waals surface area contributed by atoms with Crippen molar-refractivity contribution in [1.29, 1.82) is 0 Å². The molecule has 2 heterocycles. The Balaban J connectivity index is 1.23. The number of aromatic nitrogens is 1. The van der Waals surface area contributed by atoms with Crippen LogP contribution in [0.15, 0.2) is 85.1 Å². The summed E-state index contributed by atoms with van der Waals surface area (Å²) in [7, 11) is 0. The summed E-state index contributed by atoms with van der Waals surface area (Å²) in [5, 5.41) is 10.3. The maximum atomic E-state index is 13.7. The summed E-state index contributed by atoms with van der Waals surface area (Å²) in [6, 6.07) is 24.0. The number of hydrogen-bond donors (Lipinski definition) is 4. The lowest BCUT2D eigenvalue weighted by Gasteiger charge is -2.31. The summed E-state index contributed by atoms with van der Waals surface area (Å²) in [5.74, 6) is -1.58. The molecule has 0 aliphatic carbocycles. The summed E-state index contributed by atoms with van der Waals surface area (Å²) in [6.07, 6.45) is 2.33. The largest absolute Gasteiger partial charge is 0.361 e. The molecule has 9 heteroatoms. The molecule has 1 aromatic heterocycles. The molecule has 4 N–H and O–H groups in total. The summed E-state index contributed by atoms with van der Waals surface area (Å²) >= 11 is 0. The van der Waals surface area contributed by atoms with E-state index in [4.69, 9.17) is 0 Å². The molecule has 5 rings (SSSR count). The minimum Gasteiger partial charge on any atom is -0.361 e. The number of nitrogens with zero attached hydrogens (tertiary/aromatic N) is 1. The molecular weight excluding hydrogens is 518 g/mol. The molecule has 9 nitrogen and oxygen atoms in total. The zero-order valence-corrected chi connectivity index (χ0v) is 23.1. The normalized spacial score (nSPS) is 14.9. The average Bonchev–Trinajstić information content (AvgIpc) is 3.50. The molecule has 3 aromatic carbocycles. The van der Waals surface area contributed by atoms with Crippen molar-refractivity contribution >= 4 is 34.5 Å². The second kappa shape index (κ2) is 11.8. The van der Waals surface area contributed by atoms with Gasteiger partial charge in [0.25, 0.3) is 11.8 Å². The van der Waals surface area contributed by atoms with Crippen LogP contribution in [0.5, 0.6) is 0 Å². The van der Waals surface area contributed by atoms with Crippen LogP contribution < -0.4 is 16.0 Å². The Morgan fingerprint density at radius 3 is 2.22 bits per heavy atom. The minimum atomic E-state index is -0.999. The Bertz CT molecular complexity index is 1560. The molecule has 4 amide bonds. The van der Waals surface area contributed by atoms with Crippen molar-refractivity contribution in [2.45, 2.75) is 31.8 Å². The van der Waals surface area contributed by atoms with Gasteiger partial charge in [-0.15, -0.1) is 0 Å². The Labute approximate surface area is 238 Å². The second-order valence-corrected chi connectivity index (χ2v) is 10.5. The number of carbonyl (C=O) groups is 4. The molecule has 0 fully saturated rings. The fourth-order valence-corrected chi connectivity index (χ4v) is 5.19. The Morgan fingerprint density at radius 1 is 0.878 bits per heavy atom. The summed E-state index contributed by atoms with van der Waals surface area (Å²) in [5.41, 5.74) is 2.58. The van der Waals surface area contributed by atoms with Crippen molar-refractivity contribution in [2.24, 2.45) is 0 Å². The van der Waals surface area contributed by atoms with E-state index in [1.165, 1.54) is 0 Å². The van der Waals surface area contributed by atoms with Gasteiger partial charge in [-0.25, -0.2) is 0 Å². The van der Waals surface area contributed by atoms with Crippen LogP contribution in [0.2, 0.25) is 0 Å². The van der Waals surface area contributed by atoms with Crippen molar-refractivity contribution in [3.05, 3.63) is 107 Å². The van der Waals surface area contributed by atoms with Gasteiger partial charge in [-0.3, -0.25) is 24.1 Å². The van der Waals surface area contributed by atoms with Crippen molar-refractivity contribution in [3.63, 3.8) is 0 Å². The second-order valence-electron chi connectivity index (χ2n) is 10.5. The van der Waals surface area contributed by atoms with E-state index in [-0.39, 0.29) is 25.0 Å². The fourth-order valence-electron chi connectivity index (χ4n) is 5.19. The van der Waals surface area contributed by atoms with Gasteiger partial charge in [0.05, 0.1) is 22.7 Å². The first-order valence-corrected chi connectivity index (χ1v) is 13.6. The zero-order valence-electron chi connectivity index (χ0n) is 23.1. The highest BCUT2D eigenvalue weighted by Gasteiger charge is 2.37. The first kappa shape index (κ1) is 27.8. The number of H-pyrrole nitrogens is 1. The Hall–Kier alpha value is -4.76. The lowest BCUT2D eigenvalue weighted by atomic mass is 9.90. The molecule has 2 unspecified atom stereocenters. The molecule has 0 spiro atoms. The number of para-hydroxylation sites is 1. The van der Waals surface area contributed by atoms with Crippen LogP contribution in [-0.4, -0.2) is 58.7 Å². The summed E-state index contributed by atoms with van der Waals surface area (Å²) in [4.78, 5) is 55.7. The molecule has 41 heavy (non-hydrogen) atoms. The van der Waals surface area contributed by atoms with Crippen LogP contribution >= 0.6 is 0 Å².